The van der Waals surface area contributed by atoms with Gasteiger partial charge in [-0.2, -0.15) is 5.26 Å². The van der Waals surface area contributed by atoms with Crippen molar-refractivity contribution in [2.45, 2.75) is 30.0 Å². The van der Waals surface area contributed by atoms with Gasteiger partial charge in [-0.3, -0.25) is 14.4 Å². The molecule has 1 saturated heterocycles. The predicted octanol–water partition coefficient (Wildman–Crippen LogP) is 3.59. The van der Waals surface area contributed by atoms with Crippen LogP contribution in [0.5, 0.6) is 0 Å². The van der Waals surface area contributed by atoms with Crippen molar-refractivity contribution in [2.75, 3.05) is 17.2 Å². The minimum atomic E-state index is -3.01. The number of hydrogen-bond acceptors (Lipinski definition) is 4. The molecule has 1 spiro atoms. The average Bonchev–Trinajstić information content (AvgIpc) is 3.42. The Hall–Kier alpha value is -4.51. The first kappa shape index (κ1) is 23.2. The van der Waals surface area contributed by atoms with Crippen LogP contribution in [-0.4, -0.2) is 40.9 Å². The highest BCUT2D eigenvalue weighted by molar-refractivity contribution is 6.15. The average molecular weight is 483 g/mol. The highest BCUT2D eigenvalue weighted by atomic mass is 19.1. The van der Waals surface area contributed by atoms with Gasteiger partial charge in [-0.25, -0.2) is 4.39 Å². The van der Waals surface area contributed by atoms with Crippen LogP contribution in [0.25, 0.3) is 0 Å². The molecule has 2 aliphatic heterocycles. The number of alkyl halides is 1. The number of nitrogens with one attached hydrogen (secondary N) is 2. The summed E-state index contributed by atoms with van der Waals surface area (Å²) in [6, 6.07) is 24.7. The second kappa shape index (κ2) is 8.93. The summed E-state index contributed by atoms with van der Waals surface area (Å²) in [4.78, 5) is 41.3. The van der Waals surface area contributed by atoms with Gasteiger partial charge in [0.05, 0.1) is 11.5 Å². The van der Waals surface area contributed by atoms with Crippen LogP contribution in [0.15, 0.2) is 84.9 Å². The molecule has 0 bridgehead atoms. The largest absolute Gasteiger partial charge is 0.325 e. The maximum Gasteiger partial charge on any atom is 0.272 e. The molecule has 1 unspecified atom stereocenters. The third-order valence-electron chi connectivity index (χ3n) is 6.91. The zero-order valence-electron chi connectivity index (χ0n) is 19.3. The molecule has 1 fully saturated rings. The molecule has 180 valence electrons. The number of halogens is 1. The number of amides is 3. The van der Waals surface area contributed by atoms with Crippen LogP contribution in [0.4, 0.5) is 15.8 Å². The maximum absolute atomic E-state index is 16.8. The van der Waals surface area contributed by atoms with E-state index in [0.717, 1.165) is 4.90 Å². The molecule has 2 aliphatic rings. The number of para-hydroxylation sites is 2. The fourth-order valence-electron chi connectivity index (χ4n) is 5.08. The van der Waals surface area contributed by atoms with Crippen LogP contribution >= 0.6 is 0 Å². The Morgan fingerprint density at radius 3 is 2.39 bits per heavy atom. The number of fused-ring (bicyclic) bond motifs is 2. The van der Waals surface area contributed by atoms with Gasteiger partial charge in [0.1, 0.15) is 6.04 Å². The van der Waals surface area contributed by atoms with Gasteiger partial charge < -0.3 is 15.5 Å². The Bertz CT molecular complexity index is 1370. The van der Waals surface area contributed by atoms with Crippen LogP contribution < -0.4 is 10.6 Å². The van der Waals surface area contributed by atoms with Gasteiger partial charge in [0.25, 0.3) is 17.5 Å². The molecular formula is C28H23FN4O3. The van der Waals surface area contributed by atoms with E-state index < -0.39 is 35.4 Å². The topological polar surface area (TPSA) is 102 Å². The minimum Gasteiger partial charge on any atom is -0.325 e. The van der Waals surface area contributed by atoms with Crippen LogP contribution in [0.1, 0.15) is 17.5 Å². The molecule has 36 heavy (non-hydrogen) atoms. The van der Waals surface area contributed by atoms with Crippen molar-refractivity contribution in [3.63, 3.8) is 0 Å². The zero-order valence-corrected chi connectivity index (χ0v) is 19.3. The number of carbonyl (C=O) groups excluding carboxylic acids is 3. The Morgan fingerprint density at radius 1 is 1.06 bits per heavy atom. The molecule has 3 aromatic carbocycles. The van der Waals surface area contributed by atoms with Crippen LogP contribution in [0.3, 0.4) is 0 Å². The lowest BCUT2D eigenvalue weighted by Gasteiger charge is -2.30. The van der Waals surface area contributed by atoms with Gasteiger partial charge >= 0.3 is 0 Å². The summed E-state index contributed by atoms with van der Waals surface area (Å²) >= 11 is 0. The van der Waals surface area contributed by atoms with Crippen molar-refractivity contribution in [3.8, 4) is 6.07 Å². The summed E-state index contributed by atoms with van der Waals surface area (Å²) in [7, 11) is 0. The lowest BCUT2D eigenvalue weighted by molar-refractivity contribution is -0.151. The molecule has 7 nitrogen and oxygen atoms in total. The van der Waals surface area contributed by atoms with Crippen molar-refractivity contribution in [1.82, 2.24) is 4.90 Å². The minimum absolute atomic E-state index is 0.0137. The Kier molecular flexibility index (Phi) is 5.77. The first-order chi connectivity index (χ1) is 17.4. The Labute approximate surface area is 207 Å². The molecule has 0 radical (unpaired) electrons. The monoisotopic (exact) mass is 482 g/mol. The molecule has 2 heterocycles. The maximum atomic E-state index is 16.8. The van der Waals surface area contributed by atoms with Crippen molar-refractivity contribution in [1.29, 1.82) is 5.26 Å². The number of carbonyl (C=O) groups is 3. The van der Waals surface area contributed by atoms with E-state index in [0.29, 0.717) is 22.5 Å². The van der Waals surface area contributed by atoms with E-state index in [-0.39, 0.29) is 18.9 Å². The standard InChI is InChI=1S/C28H23FN4O3/c29-28(15-19-9-3-1-4-10-19,25(35)31-20-11-5-2-6-12-20)26(36)33-18-27(16-21(33)17-30)22-13-7-8-14-23(22)32-24(27)34/h1-14,21H,15-16,18H2,(H,31,35)(H,32,34)/t21-,27-,28?/m0/s1. The van der Waals surface area contributed by atoms with E-state index in [9.17, 15) is 19.6 Å². The fourth-order valence-corrected chi connectivity index (χ4v) is 5.08. The number of hydrogen-bond donors (Lipinski definition) is 2. The normalized spacial score (nSPS) is 21.8. The summed E-state index contributed by atoms with van der Waals surface area (Å²) in [6.45, 7) is -0.202. The number of nitrogens with zero attached hydrogens (tertiary/aromatic N) is 2. The van der Waals surface area contributed by atoms with E-state index >= 15 is 4.39 Å². The van der Waals surface area contributed by atoms with E-state index in [1.807, 2.05) is 6.07 Å². The molecule has 0 aliphatic carbocycles. The number of nitriles is 1. The molecule has 8 heteroatoms. The summed E-state index contributed by atoms with van der Waals surface area (Å²) < 4.78 is 16.8. The number of benzene rings is 3. The van der Waals surface area contributed by atoms with E-state index in [1.54, 1.807) is 84.9 Å². The van der Waals surface area contributed by atoms with Gasteiger partial charge in [0.2, 0.25) is 5.91 Å². The summed E-state index contributed by atoms with van der Waals surface area (Å²) in [5.41, 5.74) is -2.15. The second-order valence-corrected chi connectivity index (χ2v) is 9.15. The van der Waals surface area contributed by atoms with Crippen LogP contribution in [-0.2, 0) is 26.2 Å². The predicted molar refractivity (Wildman–Crippen MR) is 132 cm³/mol. The lowest BCUT2D eigenvalue weighted by atomic mass is 9.80. The van der Waals surface area contributed by atoms with Crippen molar-refractivity contribution >= 4 is 29.1 Å². The van der Waals surface area contributed by atoms with Gasteiger partial charge in [0, 0.05) is 30.8 Å². The van der Waals surface area contributed by atoms with Gasteiger partial charge in [0.15, 0.2) is 0 Å². The number of likely N-dealkylation sites (tertiary alicyclic amines) is 1. The molecule has 3 amide bonds. The third kappa shape index (κ3) is 3.79. The highest BCUT2D eigenvalue weighted by Gasteiger charge is 2.60. The third-order valence-corrected chi connectivity index (χ3v) is 6.91. The molecule has 0 saturated carbocycles. The number of rotatable bonds is 5. The van der Waals surface area contributed by atoms with E-state index in [4.69, 9.17) is 0 Å². The molecular weight excluding hydrogens is 459 g/mol. The zero-order chi connectivity index (χ0) is 25.3. The van der Waals surface area contributed by atoms with Crippen molar-refractivity contribution in [3.05, 3.63) is 96.1 Å². The van der Waals surface area contributed by atoms with Gasteiger partial charge in [-0.1, -0.05) is 66.7 Å². The molecule has 2 N–H and O–H groups in total. The summed E-state index contributed by atoms with van der Waals surface area (Å²) in [5.74, 6) is -2.61. The lowest BCUT2D eigenvalue weighted by Crippen LogP contribution is -2.56. The fraction of sp³-hybridized carbons (Fsp3) is 0.214. The highest BCUT2D eigenvalue weighted by Crippen LogP contribution is 2.47. The van der Waals surface area contributed by atoms with Crippen molar-refractivity contribution in [2.24, 2.45) is 0 Å². The van der Waals surface area contributed by atoms with E-state index in [2.05, 4.69) is 10.6 Å². The smallest absolute Gasteiger partial charge is 0.272 e. The first-order valence-corrected chi connectivity index (χ1v) is 11.6. The quantitative estimate of drug-likeness (QED) is 0.543. The van der Waals surface area contributed by atoms with Crippen molar-refractivity contribution < 1.29 is 18.8 Å². The van der Waals surface area contributed by atoms with E-state index in [1.165, 1.54) is 0 Å². The summed E-state index contributed by atoms with van der Waals surface area (Å²) in [6.07, 6.45) is -0.504. The Morgan fingerprint density at radius 2 is 1.69 bits per heavy atom. The first-order valence-electron chi connectivity index (χ1n) is 11.6. The molecule has 5 rings (SSSR count). The second-order valence-electron chi connectivity index (χ2n) is 9.15. The molecule has 3 atom stereocenters. The van der Waals surface area contributed by atoms with Crippen LogP contribution in [0, 0.1) is 11.3 Å². The molecule has 3 aromatic rings. The number of anilines is 2. The van der Waals surface area contributed by atoms with Gasteiger partial charge in [-0.05, 0) is 29.3 Å². The molecule has 0 aromatic heterocycles. The van der Waals surface area contributed by atoms with Crippen LogP contribution in [0.2, 0.25) is 0 Å². The SMILES string of the molecule is N#C[C@@H]1C[C@@]2(CN1C(=O)C(F)(Cc1ccccc1)C(=O)Nc1ccccc1)C(=O)Nc1ccccc12. The Balaban J connectivity index is 1.52. The van der Waals surface area contributed by atoms with Gasteiger partial charge in [-0.15, -0.1) is 0 Å². The summed E-state index contributed by atoms with van der Waals surface area (Å²) in [5, 5.41) is 15.2.